The predicted molar refractivity (Wildman–Crippen MR) is 109 cm³/mol. The summed E-state index contributed by atoms with van der Waals surface area (Å²) in [5.74, 6) is -0.461. The summed E-state index contributed by atoms with van der Waals surface area (Å²) in [5.41, 5.74) is 2.76. The Labute approximate surface area is 165 Å². The van der Waals surface area contributed by atoms with E-state index >= 15 is 0 Å². The minimum atomic E-state index is -3.86. The van der Waals surface area contributed by atoms with Crippen LogP contribution in [0.3, 0.4) is 0 Å². The molecule has 0 aromatic heterocycles. The summed E-state index contributed by atoms with van der Waals surface area (Å²) in [6, 6.07) is 15.6. The number of sulfonamides is 1. The van der Waals surface area contributed by atoms with Gasteiger partial charge in [0.1, 0.15) is 6.54 Å². The lowest BCUT2D eigenvalue weighted by atomic mass is 9.84. The average molecular weight is 398 g/mol. The molecule has 3 rings (SSSR count). The Bertz CT molecular complexity index is 1040. The molecule has 2 aromatic carbocycles. The molecule has 0 bridgehead atoms. The summed E-state index contributed by atoms with van der Waals surface area (Å²) in [4.78, 5) is 11.5. The van der Waals surface area contributed by atoms with Crippen molar-refractivity contribution in [2.45, 2.75) is 18.7 Å². The zero-order valence-corrected chi connectivity index (χ0v) is 16.6. The van der Waals surface area contributed by atoms with Crippen LogP contribution < -0.4 is 0 Å². The SMILES string of the molecule is C=C(C)[C@@H]1CN(S(=O)(=O)c2ccc(C)cc2)CC([N+](=O)[O-])=C1c1ccccc1. The van der Waals surface area contributed by atoms with Gasteiger partial charge in [-0.3, -0.25) is 10.1 Å². The Hall–Kier alpha value is -2.77. The van der Waals surface area contributed by atoms with Gasteiger partial charge in [-0.1, -0.05) is 60.2 Å². The van der Waals surface area contributed by atoms with Crippen LogP contribution in [0.1, 0.15) is 18.1 Å². The molecule has 0 fully saturated rings. The fourth-order valence-corrected chi connectivity index (χ4v) is 4.81. The fourth-order valence-electron chi connectivity index (χ4n) is 3.40. The van der Waals surface area contributed by atoms with Crippen molar-refractivity contribution in [3.05, 3.63) is 93.7 Å². The highest BCUT2D eigenvalue weighted by Gasteiger charge is 2.40. The summed E-state index contributed by atoms with van der Waals surface area (Å²) in [6.45, 7) is 7.45. The molecule has 146 valence electrons. The third kappa shape index (κ3) is 3.76. The van der Waals surface area contributed by atoms with Crippen molar-refractivity contribution >= 4 is 15.6 Å². The van der Waals surface area contributed by atoms with Crippen LogP contribution in [0.15, 0.2) is 77.3 Å². The van der Waals surface area contributed by atoms with Gasteiger partial charge in [0.05, 0.1) is 9.82 Å². The molecule has 0 N–H and O–H groups in total. The lowest BCUT2D eigenvalue weighted by Gasteiger charge is -2.33. The second-order valence-electron chi connectivity index (χ2n) is 6.99. The van der Waals surface area contributed by atoms with E-state index in [9.17, 15) is 18.5 Å². The first-order valence-electron chi connectivity index (χ1n) is 8.87. The quantitative estimate of drug-likeness (QED) is 0.435. The topological polar surface area (TPSA) is 80.5 Å². The Balaban J connectivity index is 2.12. The fraction of sp³-hybridized carbons (Fsp3) is 0.238. The Kier molecular flexibility index (Phi) is 5.49. The van der Waals surface area contributed by atoms with Crippen molar-refractivity contribution in [2.24, 2.45) is 5.92 Å². The first-order chi connectivity index (χ1) is 13.2. The monoisotopic (exact) mass is 398 g/mol. The van der Waals surface area contributed by atoms with E-state index in [4.69, 9.17) is 0 Å². The molecule has 2 aromatic rings. The number of hydrogen-bond donors (Lipinski definition) is 0. The highest BCUT2D eigenvalue weighted by Crippen LogP contribution is 2.37. The van der Waals surface area contributed by atoms with Crippen LogP contribution in [0.4, 0.5) is 0 Å². The third-order valence-corrected chi connectivity index (χ3v) is 6.76. The Morgan fingerprint density at radius 1 is 1.14 bits per heavy atom. The summed E-state index contributed by atoms with van der Waals surface area (Å²) in [7, 11) is -3.86. The number of aryl methyl sites for hydroxylation is 1. The standard InChI is InChI=1S/C21H22N2O4S/c1-15(2)19-13-22(28(26,27)18-11-9-16(3)10-12-18)14-20(23(24)25)21(19)17-7-5-4-6-8-17/h4-12,19H,1,13-14H2,2-3H3/t19-/m0/s1. The number of benzene rings is 2. The molecule has 0 saturated carbocycles. The van der Waals surface area contributed by atoms with Crippen LogP contribution in [0, 0.1) is 23.0 Å². The smallest absolute Gasteiger partial charge is 0.259 e. The molecule has 7 heteroatoms. The highest BCUT2D eigenvalue weighted by atomic mass is 32.2. The van der Waals surface area contributed by atoms with Crippen molar-refractivity contribution in [3.8, 4) is 0 Å². The van der Waals surface area contributed by atoms with E-state index in [2.05, 4.69) is 6.58 Å². The molecule has 1 aliphatic heterocycles. The van der Waals surface area contributed by atoms with Crippen LogP contribution in [0.25, 0.3) is 5.57 Å². The lowest BCUT2D eigenvalue weighted by Crippen LogP contribution is -2.42. The maximum atomic E-state index is 13.1. The molecule has 28 heavy (non-hydrogen) atoms. The maximum absolute atomic E-state index is 13.1. The molecule has 1 atom stereocenters. The van der Waals surface area contributed by atoms with Crippen molar-refractivity contribution in [1.82, 2.24) is 4.31 Å². The second-order valence-corrected chi connectivity index (χ2v) is 8.93. The molecule has 0 amide bonds. The van der Waals surface area contributed by atoms with E-state index in [1.54, 1.807) is 31.2 Å². The van der Waals surface area contributed by atoms with E-state index in [0.29, 0.717) is 11.1 Å². The van der Waals surface area contributed by atoms with Crippen LogP contribution in [-0.2, 0) is 10.0 Å². The van der Waals surface area contributed by atoms with E-state index in [1.165, 1.54) is 16.4 Å². The zero-order chi connectivity index (χ0) is 20.5. The summed E-state index contributed by atoms with van der Waals surface area (Å²) in [6.07, 6.45) is 0. The molecule has 0 radical (unpaired) electrons. The predicted octanol–water partition coefficient (Wildman–Crippen LogP) is 3.88. The van der Waals surface area contributed by atoms with Gasteiger partial charge in [0.15, 0.2) is 0 Å². The van der Waals surface area contributed by atoms with Gasteiger partial charge in [0.25, 0.3) is 5.70 Å². The maximum Gasteiger partial charge on any atom is 0.265 e. The molecular weight excluding hydrogens is 376 g/mol. The van der Waals surface area contributed by atoms with Gasteiger partial charge in [-0.25, -0.2) is 8.42 Å². The first-order valence-corrected chi connectivity index (χ1v) is 10.3. The number of hydrogen-bond acceptors (Lipinski definition) is 4. The van der Waals surface area contributed by atoms with Crippen LogP contribution in [-0.4, -0.2) is 30.7 Å². The first kappa shape index (κ1) is 20.0. The van der Waals surface area contributed by atoms with Crippen LogP contribution in [0.2, 0.25) is 0 Å². The van der Waals surface area contributed by atoms with Gasteiger partial charge in [-0.05, 0) is 31.5 Å². The van der Waals surface area contributed by atoms with Gasteiger partial charge in [0.2, 0.25) is 10.0 Å². The molecule has 1 aliphatic rings. The van der Waals surface area contributed by atoms with Crippen molar-refractivity contribution in [3.63, 3.8) is 0 Å². The van der Waals surface area contributed by atoms with Crippen molar-refractivity contribution < 1.29 is 13.3 Å². The molecule has 0 saturated heterocycles. The number of nitro groups is 1. The van der Waals surface area contributed by atoms with Gasteiger partial charge < -0.3 is 0 Å². The second kappa shape index (κ2) is 7.69. The Morgan fingerprint density at radius 2 is 1.75 bits per heavy atom. The Morgan fingerprint density at radius 3 is 2.29 bits per heavy atom. The summed E-state index contributed by atoms with van der Waals surface area (Å²) >= 11 is 0. The minimum Gasteiger partial charge on any atom is -0.259 e. The lowest BCUT2D eigenvalue weighted by molar-refractivity contribution is -0.427. The molecule has 0 aliphatic carbocycles. The largest absolute Gasteiger partial charge is 0.265 e. The van der Waals surface area contributed by atoms with Crippen molar-refractivity contribution in [2.75, 3.05) is 13.1 Å². The molecule has 6 nitrogen and oxygen atoms in total. The van der Waals surface area contributed by atoms with Crippen molar-refractivity contribution in [1.29, 1.82) is 0 Å². The summed E-state index contributed by atoms with van der Waals surface area (Å²) < 4.78 is 27.4. The van der Waals surface area contributed by atoms with Gasteiger partial charge in [0, 0.05) is 18.0 Å². The normalized spacial score (nSPS) is 18.1. The van der Waals surface area contributed by atoms with E-state index in [1.807, 2.05) is 25.1 Å². The third-order valence-electron chi connectivity index (χ3n) is 4.93. The number of nitrogens with zero attached hydrogens (tertiary/aromatic N) is 2. The van der Waals surface area contributed by atoms with Crippen LogP contribution in [0.5, 0.6) is 0 Å². The molecule has 1 heterocycles. The highest BCUT2D eigenvalue weighted by molar-refractivity contribution is 7.89. The van der Waals surface area contributed by atoms with Gasteiger partial charge >= 0.3 is 0 Å². The molecule has 0 unspecified atom stereocenters. The van der Waals surface area contributed by atoms with E-state index < -0.39 is 20.9 Å². The summed E-state index contributed by atoms with van der Waals surface area (Å²) in [5, 5.41) is 11.9. The van der Waals surface area contributed by atoms with Crippen LogP contribution >= 0.6 is 0 Å². The van der Waals surface area contributed by atoms with E-state index in [0.717, 1.165) is 11.1 Å². The molecule has 0 spiro atoms. The average Bonchev–Trinajstić information content (AvgIpc) is 2.67. The zero-order valence-electron chi connectivity index (χ0n) is 15.8. The van der Waals surface area contributed by atoms with Gasteiger partial charge in [-0.2, -0.15) is 4.31 Å². The van der Waals surface area contributed by atoms with Gasteiger partial charge in [-0.15, -0.1) is 0 Å². The molecular formula is C21H22N2O4S. The minimum absolute atomic E-state index is 0.110. The number of rotatable bonds is 5. The van der Waals surface area contributed by atoms with E-state index in [-0.39, 0.29) is 23.7 Å².